The summed E-state index contributed by atoms with van der Waals surface area (Å²) in [7, 11) is 0. The van der Waals surface area contributed by atoms with Crippen molar-refractivity contribution in [1.82, 2.24) is 0 Å². The van der Waals surface area contributed by atoms with E-state index in [2.05, 4.69) is 37.3 Å². The van der Waals surface area contributed by atoms with Gasteiger partial charge in [0.25, 0.3) is 0 Å². The second-order valence-corrected chi connectivity index (χ2v) is 4.38. The third-order valence-electron chi connectivity index (χ3n) is 3.33. The monoisotopic (exact) mass is 211 g/mol. The van der Waals surface area contributed by atoms with Crippen LogP contribution in [0.4, 0.5) is 0 Å². The van der Waals surface area contributed by atoms with Gasteiger partial charge in [-0.15, -0.1) is 0 Å². The first-order valence-electron chi connectivity index (χ1n) is 5.86. The molecule has 0 unspecified atom stereocenters. The Balaban J connectivity index is 2.05. The minimum Gasteiger partial charge on any atom is -0.220 e. The molecule has 3 rings (SSSR count). The first-order valence-corrected chi connectivity index (χ1v) is 5.86. The number of hydrogen-bond acceptors (Lipinski definition) is 0. The highest BCUT2D eigenvalue weighted by Crippen LogP contribution is 2.27. The molecule has 1 aromatic heterocycles. The van der Waals surface area contributed by atoms with Crippen LogP contribution in [0.25, 0.3) is 0 Å². The minimum atomic E-state index is 0.940. The van der Waals surface area contributed by atoms with E-state index in [9.17, 15) is 0 Å². The molecule has 0 saturated carbocycles. The van der Waals surface area contributed by atoms with Crippen molar-refractivity contribution in [3.05, 3.63) is 64.6 Å². The molecule has 16 heavy (non-hydrogen) atoms. The Kier molecular flexibility index (Phi) is 2.24. The lowest BCUT2D eigenvalue weighted by Gasteiger charge is -2.12. The van der Waals surface area contributed by atoms with Crippen LogP contribution in [0.3, 0.4) is 0 Å². The maximum atomic E-state index is 5.73. The van der Waals surface area contributed by atoms with E-state index < -0.39 is 0 Å². The van der Waals surface area contributed by atoms with Gasteiger partial charge in [-0.1, -0.05) is 31.2 Å². The van der Waals surface area contributed by atoms with Gasteiger partial charge in [-0.05, 0) is 23.6 Å². The van der Waals surface area contributed by atoms with Gasteiger partial charge in [0, 0.05) is 12.0 Å². The smallest absolute Gasteiger partial charge is 0.220 e. The number of aryl methyl sites for hydroxylation is 1. The van der Waals surface area contributed by atoms with E-state index in [0.717, 1.165) is 25.0 Å². The van der Waals surface area contributed by atoms with E-state index in [0.29, 0.717) is 0 Å². The highest BCUT2D eigenvalue weighted by Gasteiger charge is 2.24. The Morgan fingerprint density at radius 1 is 1.06 bits per heavy atom. The molecule has 80 valence electrons. The molecule has 1 heteroatoms. The summed E-state index contributed by atoms with van der Waals surface area (Å²) in [6, 6.07) is 10.9. The Hall–Kier alpha value is -1.63. The number of rotatable bonds is 1. The summed E-state index contributed by atoms with van der Waals surface area (Å²) >= 11 is 0. The van der Waals surface area contributed by atoms with Crippen LogP contribution in [-0.4, -0.2) is 0 Å². The van der Waals surface area contributed by atoms with Gasteiger partial charge < -0.3 is 0 Å². The van der Waals surface area contributed by atoms with Crippen molar-refractivity contribution in [1.29, 1.82) is 0 Å². The molecular formula is C15H15O+. The van der Waals surface area contributed by atoms with E-state index in [1.807, 2.05) is 6.26 Å². The van der Waals surface area contributed by atoms with Crippen LogP contribution in [0.2, 0.25) is 0 Å². The highest BCUT2D eigenvalue weighted by molar-refractivity contribution is 5.42. The molecule has 0 amide bonds. The summed E-state index contributed by atoms with van der Waals surface area (Å²) < 4.78 is 5.73. The van der Waals surface area contributed by atoms with E-state index in [1.54, 1.807) is 0 Å². The molecule has 0 aliphatic heterocycles. The van der Waals surface area contributed by atoms with E-state index in [4.69, 9.17) is 4.42 Å². The number of fused-ring (bicyclic) bond motifs is 2. The molecule has 0 bridgehead atoms. The third kappa shape index (κ3) is 1.53. The third-order valence-corrected chi connectivity index (χ3v) is 3.33. The van der Waals surface area contributed by atoms with Crippen LogP contribution in [0.5, 0.6) is 0 Å². The number of benzene rings is 1. The lowest BCUT2D eigenvalue weighted by molar-refractivity contribution is 0.485. The van der Waals surface area contributed by atoms with Gasteiger partial charge >= 0.3 is 12.0 Å². The van der Waals surface area contributed by atoms with Gasteiger partial charge in [-0.25, -0.2) is 4.42 Å². The summed E-state index contributed by atoms with van der Waals surface area (Å²) in [6.45, 7) is 2.16. The summed E-state index contributed by atoms with van der Waals surface area (Å²) in [5.74, 6) is 1.14. The zero-order chi connectivity index (χ0) is 11.0. The summed E-state index contributed by atoms with van der Waals surface area (Å²) in [5.41, 5.74) is 5.50. The molecule has 0 atom stereocenters. The SMILES string of the molecule is CCc1c[o+]c2c(c1)Cc1ccccc1C2. The molecule has 0 N–H and O–H groups in total. The molecular weight excluding hydrogens is 196 g/mol. The van der Waals surface area contributed by atoms with Crippen LogP contribution >= 0.6 is 0 Å². The molecule has 0 saturated heterocycles. The second-order valence-electron chi connectivity index (χ2n) is 4.38. The van der Waals surface area contributed by atoms with Gasteiger partial charge in [0.05, 0.1) is 12.0 Å². The van der Waals surface area contributed by atoms with Crippen molar-refractivity contribution in [2.45, 2.75) is 26.2 Å². The molecule has 0 fully saturated rings. The summed E-state index contributed by atoms with van der Waals surface area (Å²) in [4.78, 5) is 0. The highest BCUT2D eigenvalue weighted by atomic mass is 16.3. The lowest BCUT2D eigenvalue weighted by atomic mass is 9.89. The van der Waals surface area contributed by atoms with Gasteiger partial charge in [-0.2, -0.15) is 0 Å². The molecule has 1 aliphatic rings. The molecule has 0 radical (unpaired) electrons. The first-order chi connectivity index (χ1) is 7.86. The van der Waals surface area contributed by atoms with Crippen molar-refractivity contribution < 1.29 is 4.42 Å². The fourth-order valence-corrected chi connectivity index (χ4v) is 2.33. The van der Waals surface area contributed by atoms with E-state index in [-0.39, 0.29) is 0 Å². The quantitative estimate of drug-likeness (QED) is 0.559. The fraction of sp³-hybridized carbons (Fsp3) is 0.267. The molecule has 1 heterocycles. The minimum absolute atomic E-state index is 0.940. The average molecular weight is 211 g/mol. The topological polar surface area (TPSA) is 11.3 Å². The average Bonchev–Trinajstić information content (AvgIpc) is 2.35. The van der Waals surface area contributed by atoms with Gasteiger partial charge in [-0.3, -0.25) is 0 Å². The molecule has 1 aliphatic carbocycles. The van der Waals surface area contributed by atoms with Crippen LogP contribution in [0, 0.1) is 0 Å². The van der Waals surface area contributed by atoms with Crippen molar-refractivity contribution in [3.63, 3.8) is 0 Å². The molecule has 0 spiro atoms. The zero-order valence-corrected chi connectivity index (χ0v) is 9.49. The molecule has 2 aromatic rings. The zero-order valence-electron chi connectivity index (χ0n) is 9.49. The van der Waals surface area contributed by atoms with Gasteiger partial charge in [0.1, 0.15) is 0 Å². The van der Waals surface area contributed by atoms with Crippen molar-refractivity contribution in [2.24, 2.45) is 0 Å². The maximum absolute atomic E-state index is 5.73. The van der Waals surface area contributed by atoms with Crippen LogP contribution in [0.15, 0.2) is 41.0 Å². The van der Waals surface area contributed by atoms with Gasteiger partial charge in [0.15, 0.2) is 0 Å². The lowest BCUT2D eigenvalue weighted by Crippen LogP contribution is -2.07. The Morgan fingerprint density at radius 2 is 1.81 bits per heavy atom. The Morgan fingerprint density at radius 3 is 2.56 bits per heavy atom. The standard InChI is InChI=1S/C15H15O/c1-2-11-7-14-8-12-5-3-4-6-13(12)9-15(14)16-10-11/h3-7,10H,2,8-9H2,1H3/q+1. The molecule has 1 aromatic carbocycles. The largest absolute Gasteiger partial charge is 0.336 e. The summed E-state index contributed by atoms with van der Waals surface area (Å²) in [5, 5.41) is 0. The fourth-order valence-electron chi connectivity index (χ4n) is 2.33. The van der Waals surface area contributed by atoms with Gasteiger partial charge in [0.2, 0.25) is 0 Å². The van der Waals surface area contributed by atoms with E-state index in [1.165, 1.54) is 22.3 Å². The Bertz CT molecular complexity index is 529. The predicted octanol–water partition coefficient (Wildman–Crippen LogP) is 3.62. The normalized spacial score (nSPS) is 13.1. The Labute approximate surface area is 95.7 Å². The van der Waals surface area contributed by atoms with Crippen molar-refractivity contribution in [3.8, 4) is 0 Å². The predicted molar refractivity (Wildman–Crippen MR) is 64.5 cm³/mol. The van der Waals surface area contributed by atoms with Crippen molar-refractivity contribution in [2.75, 3.05) is 0 Å². The van der Waals surface area contributed by atoms with Crippen LogP contribution in [-0.2, 0) is 19.3 Å². The van der Waals surface area contributed by atoms with E-state index >= 15 is 0 Å². The second kappa shape index (κ2) is 3.75. The first kappa shape index (κ1) is 9.59. The van der Waals surface area contributed by atoms with Crippen LogP contribution in [0.1, 0.15) is 34.9 Å². The molecule has 1 nitrogen and oxygen atoms in total. The van der Waals surface area contributed by atoms with Crippen molar-refractivity contribution >= 4 is 0 Å². The summed E-state index contributed by atoms with van der Waals surface area (Å²) in [6.07, 6.45) is 4.89. The van der Waals surface area contributed by atoms with Crippen LogP contribution < -0.4 is 0 Å². The number of hydrogen-bond donors (Lipinski definition) is 0. The maximum Gasteiger partial charge on any atom is 0.336 e.